The number of nitrogens with zero attached hydrogens (tertiary/aromatic N) is 2. The number of hydrazone groups is 1. The van der Waals surface area contributed by atoms with E-state index in [1.807, 2.05) is 24.3 Å². The van der Waals surface area contributed by atoms with E-state index in [2.05, 4.69) is 24.4 Å². The summed E-state index contributed by atoms with van der Waals surface area (Å²) in [4.78, 5) is 12.7. The third-order valence-electron chi connectivity index (χ3n) is 4.85. The molecule has 0 atom stereocenters. The number of ether oxygens (including phenoxy) is 2. The van der Waals surface area contributed by atoms with Crippen LogP contribution in [-0.2, 0) is 14.8 Å². The van der Waals surface area contributed by atoms with Gasteiger partial charge in [0.25, 0.3) is 15.9 Å². The minimum Gasteiger partial charge on any atom is -0.497 e. The summed E-state index contributed by atoms with van der Waals surface area (Å²) in [7, 11) is -2.48. The fourth-order valence-electron chi connectivity index (χ4n) is 3.04. The van der Waals surface area contributed by atoms with Gasteiger partial charge in [-0.15, -0.1) is 0 Å². The first-order valence-electron chi connectivity index (χ1n) is 11.1. The summed E-state index contributed by atoms with van der Waals surface area (Å²) in [6.07, 6.45) is 1.48. The molecule has 0 saturated heterocycles. The molecule has 0 saturated carbocycles. The first kappa shape index (κ1) is 25.8. The number of amides is 1. The van der Waals surface area contributed by atoms with Crippen LogP contribution in [0.15, 0.2) is 88.9 Å². The van der Waals surface area contributed by atoms with Crippen LogP contribution < -0.4 is 19.2 Å². The van der Waals surface area contributed by atoms with Gasteiger partial charge in [-0.2, -0.15) is 5.10 Å². The Morgan fingerprint density at radius 3 is 2.20 bits per heavy atom. The lowest BCUT2D eigenvalue weighted by Gasteiger charge is -2.23. The first-order valence-corrected chi connectivity index (χ1v) is 12.5. The number of methoxy groups -OCH3 is 1. The van der Waals surface area contributed by atoms with E-state index >= 15 is 0 Å². The van der Waals surface area contributed by atoms with Gasteiger partial charge in [-0.25, -0.2) is 13.8 Å². The van der Waals surface area contributed by atoms with Gasteiger partial charge in [-0.05, 0) is 72.1 Å². The van der Waals surface area contributed by atoms with E-state index in [-0.39, 0.29) is 4.90 Å². The lowest BCUT2D eigenvalue weighted by Crippen LogP contribution is -2.39. The number of rotatable bonds is 11. The fourth-order valence-corrected chi connectivity index (χ4v) is 4.48. The molecule has 3 rings (SSSR count). The average Bonchev–Trinajstić information content (AvgIpc) is 2.87. The van der Waals surface area contributed by atoms with E-state index in [1.54, 1.807) is 42.5 Å². The Hall–Kier alpha value is -3.85. The molecule has 0 fully saturated rings. The standard InChI is InChI=1S/C26H29N3O5S/c1-20(2)19-34-24-13-9-21(10-14-24)17-27-28-26(30)18-29(22-11-15-23(33-3)16-12-22)35(31,32)25-7-5-4-6-8-25/h4-17,20H,18-19H2,1-3H3,(H,28,30)/b27-17-. The van der Waals surface area contributed by atoms with Gasteiger partial charge in [-0.3, -0.25) is 9.10 Å². The minimum atomic E-state index is -4.00. The summed E-state index contributed by atoms with van der Waals surface area (Å²) in [6.45, 7) is 4.32. The maximum absolute atomic E-state index is 13.3. The minimum absolute atomic E-state index is 0.0758. The van der Waals surface area contributed by atoms with E-state index in [9.17, 15) is 13.2 Å². The molecule has 35 heavy (non-hydrogen) atoms. The second-order valence-corrected chi connectivity index (χ2v) is 9.95. The van der Waals surface area contributed by atoms with Crippen molar-refractivity contribution >= 4 is 27.8 Å². The second kappa shape index (κ2) is 12.0. The zero-order valence-electron chi connectivity index (χ0n) is 19.9. The van der Waals surface area contributed by atoms with Gasteiger partial charge in [0.1, 0.15) is 18.0 Å². The van der Waals surface area contributed by atoms with Crippen LogP contribution >= 0.6 is 0 Å². The van der Waals surface area contributed by atoms with Crippen molar-refractivity contribution in [2.24, 2.45) is 11.0 Å². The van der Waals surface area contributed by atoms with Gasteiger partial charge >= 0.3 is 0 Å². The molecular formula is C26H29N3O5S. The number of benzene rings is 3. The van der Waals surface area contributed by atoms with E-state index in [0.29, 0.717) is 24.0 Å². The highest BCUT2D eigenvalue weighted by molar-refractivity contribution is 7.92. The molecule has 0 heterocycles. The Morgan fingerprint density at radius 1 is 0.971 bits per heavy atom. The van der Waals surface area contributed by atoms with E-state index in [0.717, 1.165) is 15.6 Å². The van der Waals surface area contributed by atoms with Crippen molar-refractivity contribution in [2.45, 2.75) is 18.7 Å². The quantitative estimate of drug-likeness (QED) is 0.319. The van der Waals surface area contributed by atoms with Crippen molar-refractivity contribution in [2.75, 3.05) is 24.6 Å². The molecule has 184 valence electrons. The van der Waals surface area contributed by atoms with Gasteiger partial charge in [0.15, 0.2) is 0 Å². The van der Waals surface area contributed by atoms with Crippen molar-refractivity contribution in [1.82, 2.24) is 5.43 Å². The highest BCUT2D eigenvalue weighted by atomic mass is 32.2. The van der Waals surface area contributed by atoms with Crippen molar-refractivity contribution in [3.05, 3.63) is 84.4 Å². The molecule has 0 radical (unpaired) electrons. The van der Waals surface area contributed by atoms with E-state index in [1.165, 1.54) is 25.5 Å². The monoisotopic (exact) mass is 495 g/mol. The number of anilines is 1. The Kier molecular flexibility index (Phi) is 8.86. The lowest BCUT2D eigenvalue weighted by molar-refractivity contribution is -0.119. The number of hydrogen-bond acceptors (Lipinski definition) is 6. The molecule has 9 heteroatoms. The molecule has 0 aliphatic carbocycles. The fraction of sp³-hybridized carbons (Fsp3) is 0.231. The van der Waals surface area contributed by atoms with Crippen molar-refractivity contribution < 1.29 is 22.7 Å². The van der Waals surface area contributed by atoms with Gasteiger partial charge in [0.2, 0.25) is 0 Å². The summed E-state index contributed by atoms with van der Waals surface area (Å²) in [5.74, 6) is 1.16. The van der Waals surface area contributed by atoms with E-state index < -0.39 is 22.5 Å². The topological polar surface area (TPSA) is 97.3 Å². The Labute approximate surface area is 206 Å². The summed E-state index contributed by atoms with van der Waals surface area (Å²) in [6, 6.07) is 21.6. The van der Waals surface area contributed by atoms with Crippen LogP contribution in [0.25, 0.3) is 0 Å². The molecule has 0 bridgehead atoms. The Bertz CT molecular complexity index is 1230. The van der Waals surface area contributed by atoms with Crippen molar-refractivity contribution in [1.29, 1.82) is 0 Å². The summed E-state index contributed by atoms with van der Waals surface area (Å²) in [5.41, 5.74) is 3.48. The smallest absolute Gasteiger partial charge is 0.264 e. The second-order valence-electron chi connectivity index (χ2n) is 8.09. The maximum atomic E-state index is 13.3. The van der Waals surface area contributed by atoms with Crippen LogP contribution in [0.3, 0.4) is 0 Å². The zero-order valence-corrected chi connectivity index (χ0v) is 20.7. The summed E-state index contributed by atoms with van der Waals surface area (Å²) in [5, 5.41) is 3.97. The molecule has 0 aromatic heterocycles. The lowest BCUT2D eigenvalue weighted by atomic mass is 10.2. The van der Waals surface area contributed by atoms with Crippen LogP contribution in [0.1, 0.15) is 19.4 Å². The maximum Gasteiger partial charge on any atom is 0.264 e. The highest BCUT2D eigenvalue weighted by Gasteiger charge is 2.27. The average molecular weight is 496 g/mol. The van der Waals surface area contributed by atoms with Gasteiger partial charge in [0, 0.05) is 0 Å². The van der Waals surface area contributed by atoms with Crippen LogP contribution in [0, 0.1) is 5.92 Å². The highest BCUT2D eigenvalue weighted by Crippen LogP contribution is 2.25. The number of sulfonamides is 1. The molecule has 1 amide bonds. The van der Waals surface area contributed by atoms with Gasteiger partial charge < -0.3 is 9.47 Å². The summed E-state index contributed by atoms with van der Waals surface area (Å²) < 4.78 is 38.5. The Morgan fingerprint density at radius 2 is 1.60 bits per heavy atom. The number of nitrogens with one attached hydrogen (secondary N) is 1. The molecule has 1 N–H and O–H groups in total. The number of carbonyl (C=O) groups is 1. The molecule has 3 aromatic rings. The molecule has 3 aromatic carbocycles. The third kappa shape index (κ3) is 7.31. The summed E-state index contributed by atoms with van der Waals surface area (Å²) >= 11 is 0. The van der Waals surface area contributed by atoms with Crippen LogP contribution in [0.4, 0.5) is 5.69 Å². The van der Waals surface area contributed by atoms with Gasteiger partial charge in [-0.1, -0.05) is 32.0 Å². The number of carbonyl (C=O) groups excluding carboxylic acids is 1. The van der Waals surface area contributed by atoms with Gasteiger partial charge in [0.05, 0.1) is 30.5 Å². The van der Waals surface area contributed by atoms with E-state index in [4.69, 9.17) is 9.47 Å². The number of hydrogen-bond donors (Lipinski definition) is 1. The Balaban J connectivity index is 1.72. The third-order valence-corrected chi connectivity index (χ3v) is 6.63. The van der Waals surface area contributed by atoms with Crippen molar-refractivity contribution in [3.8, 4) is 11.5 Å². The normalized spacial score (nSPS) is 11.4. The molecule has 0 unspecified atom stereocenters. The van der Waals surface area contributed by atoms with Crippen LogP contribution in [0.2, 0.25) is 0 Å². The van der Waals surface area contributed by atoms with Crippen LogP contribution in [0.5, 0.6) is 11.5 Å². The predicted octanol–water partition coefficient (Wildman–Crippen LogP) is 4.08. The SMILES string of the molecule is COc1ccc(N(CC(=O)N/N=C\c2ccc(OCC(C)C)cc2)S(=O)(=O)c2ccccc2)cc1. The molecule has 0 aliphatic rings. The van der Waals surface area contributed by atoms with Crippen molar-refractivity contribution in [3.63, 3.8) is 0 Å². The largest absolute Gasteiger partial charge is 0.497 e. The zero-order chi connectivity index (χ0) is 25.3. The predicted molar refractivity (Wildman–Crippen MR) is 136 cm³/mol. The first-order chi connectivity index (χ1) is 16.8. The molecule has 0 aliphatic heterocycles. The van der Waals surface area contributed by atoms with Crippen LogP contribution in [-0.4, -0.2) is 40.8 Å². The molecule has 0 spiro atoms. The molecule has 8 nitrogen and oxygen atoms in total. The molecular weight excluding hydrogens is 466 g/mol.